The molecule has 6 unspecified atom stereocenters. The molecule has 2 heterocycles. The molecule has 0 spiro atoms. The van der Waals surface area contributed by atoms with Gasteiger partial charge in [0.05, 0.1) is 39.3 Å². The SMILES string of the molecule is Cc1cc(Br)cc2c(C(=O)OCC(=O)c3ccc(Cl)cc3Cl)cc(-c3ccc(N4C(=O)C5C6CC(C(Br)C6Br)C5C4=O)cc3)nc12. The zero-order valence-electron chi connectivity index (χ0n) is 24.0. The second kappa shape index (κ2) is 12.1. The molecule has 3 aliphatic rings. The van der Waals surface area contributed by atoms with Crippen molar-refractivity contribution in [2.45, 2.75) is 23.0 Å². The second-order valence-corrected chi connectivity index (χ2v) is 15.7. The predicted octanol–water partition coefficient (Wildman–Crippen LogP) is 8.60. The lowest BCUT2D eigenvalue weighted by Gasteiger charge is -2.28. The molecule has 0 N–H and O–H groups in total. The summed E-state index contributed by atoms with van der Waals surface area (Å²) in [5, 5.41) is 1.11. The number of aryl methyl sites for hydroxylation is 1. The highest BCUT2D eigenvalue weighted by Crippen LogP contribution is 2.60. The van der Waals surface area contributed by atoms with Crippen LogP contribution in [0.1, 0.15) is 32.7 Å². The van der Waals surface area contributed by atoms with E-state index in [1.165, 1.54) is 17.0 Å². The van der Waals surface area contributed by atoms with Crippen molar-refractivity contribution < 1.29 is 23.9 Å². The van der Waals surface area contributed by atoms with Crippen molar-refractivity contribution in [2.24, 2.45) is 23.7 Å². The maximum absolute atomic E-state index is 13.5. The van der Waals surface area contributed by atoms with Crippen LogP contribution in [-0.4, -0.2) is 44.8 Å². The zero-order chi connectivity index (χ0) is 32.6. The number of ketones is 1. The number of carbonyl (C=O) groups is 4. The average Bonchev–Trinajstić information content (AvgIpc) is 3.64. The van der Waals surface area contributed by atoms with Crippen molar-refractivity contribution in [3.05, 3.63) is 91.9 Å². The van der Waals surface area contributed by atoms with Crippen LogP contribution < -0.4 is 4.90 Å². The normalized spacial score (nSPS) is 25.0. The van der Waals surface area contributed by atoms with E-state index < -0.39 is 18.4 Å². The first-order chi connectivity index (χ1) is 21.9. The van der Waals surface area contributed by atoms with Crippen LogP contribution in [0.2, 0.25) is 10.0 Å². The van der Waals surface area contributed by atoms with Crippen molar-refractivity contribution in [3.8, 4) is 11.3 Å². The highest BCUT2D eigenvalue weighted by Gasteiger charge is 2.66. The lowest BCUT2D eigenvalue weighted by molar-refractivity contribution is -0.123. The quantitative estimate of drug-likeness (QED) is 0.0836. The third-order valence-electron chi connectivity index (χ3n) is 9.26. The van der Waals surface area contributed by atoms with Crippen LogP contribution >= 0.6 is 71.0 Å². The van der Waals surface area contributed by atoms with Gasteiger partial charge in [-0.15, -0.1) is 0 Å². The molecule has 234 valence electrons. The van der Waals surface area contributed by atoms with E-state index in [0.29, 0.717) is 32.9 Å². The minimum absolute atomic E-state index is 0.127. The van der Waals surface area contributed by atoms with Gasteiger partial charge in [-0.1, -0.05) is 83.1 Å². The molecule has 2 saturated carbocycles. The van der Waals surface area contributed by atoms with Gasteiger partial charge in [-0.2, -0.15) is 0 Å². The summed E-state index contributed by atoms with van der Waals surface area (Å²) in [6.45, 7) is 1.37. The lowest BCUT2D eigenvalue weighted by atomic mass is 9.81. The van der Waals surface area contributed by atoms with E-state index in [4.69, 9.17) is 32.9 Å². The third kappa shape index (κ3) is 5.25. The van der Waals surface area contributed by atoms with Crippen LogP contribution in [0.15, 0.2) is 65.1 Å². The fourth-order valence-corrected chi connectivity index (χ4v) is 10.1. The Balaban J connectivity index is 1.18. The standard InChI is InChI=1S/C34H23Br3Cl2N2O5/c1-14-8-16(35)9-20-21(34(45)46-13-26(42)19-7-4-17(38)10-24(19)39)12-25(40-31(14)20)15-2-5-18(6-3-15)41-32(43)27-22-11-23(28(27)33(41)44)30(37)29(22)36/h2-10,12,22-23,27-30H,11,13H2,1H3. The number of esters is 1. The zero-order valence-corrected chi connectivity index (χ0v) is 30.2. The van der Waals surface area contributed by atoms with E-state index >= 15 is 0 Å². The number of carbonyl (C=O) groups excluding carboxylic acids is 4. The van der Waals surface area contributed by atoms with Crippen molar-refractivity contribution in [1.82, 2.24) is 4.98 Å². The molecule has 7 nitrogen and oxygen atoms in total. The molecule has 12 heteroatoms. The molecule has 2 aliphatic carbocycles. The summed E-state index contributed by atoms with van der Waals surface area (Å²) in [6, 6.07) is 16.8. The number of pyridine rings is 1. The second-order valence-electron chi connectivity index (χ2n) is 11.9. The van der Waals surface area contributed by atoms with Crippen LogP contribution in [-0.2, 0) is 14.3 Å². The molecular weight excluding hydrogens is 827 g/mol. The van der Waals surface area contributed by atoms with E-state index in [2.05, 4.69) is 47.8 Å². The topological polar surface area (TPSA) is 93.6 Å². The van der Waals surface area contributed by atoms with Gasteiger partial charge in [0.15, 0.2) is 6.61 Å². The number of fused-ring (bicyclic) bond motifs is 6. The van der Waals surface area contributed by atoms with Crippen molar-refractivity contribution in [2.75, 3.05) is 11.5 Å². The number of imide groups is 1. The number of ether oxygens (including phenoxy) is 1. The number of halogens is 5. The maximum Gasteiger partial charge on any atom is 0.339 e. The Bertz CT molecular complexity index is 1960. The Kier molecular flexibility index (Phi) is 8.41. The van der Waals surface area contributed by atoms with Gasteiger partial charge in [0.1, 0.15) is 0 Å². The first-order valence-corrected chi connectivity index (χ1v) is 17.8. The minimum Gasteiger partial charge on any atom is -0.454 e. The molecule has 3 fully saturated rings. The maximum atomic E-state index is 13.5. The molecule has 7 rings (SSSR count). The summed E-state index contributed by atoms with van der Waals surface area (Å²) in [7, 11) is 0. The van der Waals surface area contributed by atoms with Gasteiger partial charge in [0.25, 0.3) is 0 Å². The van der Waals surface area contributed by atoms with Crippen molar-refractivity contribution in [3.63, 3.8) is 0 Å². The number of aromatic nitrogens is 1. The summed E-state index contributed by atoms with van der Waals surface area (Å²) in [5.41, 5.74) is 3.50. The van der Waals surface area contributed by atoms with Crippen molar-refractivity contribution >= 4 is 111 Å². The summed E-state index contributed by atoms with van der Waals surface area (Å²) in [4.78, 5) is 59.8. The van der Waals surface area contributed by atoms with Crippen LogP contribution in [0.3, 0.4) is 0 Å². The largest absolute Gasteiger partial charge is 0.454 e. The minimum atomic E-state index is -0.703. The molecular formula is C34H23Br3Cl2N2O5. The molecule has 1 saturated heterocycles. The number of alkyl halides is 2. The Morgan fingerprint density at radius 2 is 1.57 bits per heavy atom. The first kappa shape index (κ1) is 31.9. The van der Waals surface area contributed by atoms with Crippen LogP contribution in [0.25, 0.3) is 22.2 Å². The molecule has 2 bridgehead atoms. The number of rotatable bonds is 6. The third-order valence-corrected chi connectivity index (χ3v) is 13.5. The van der Waals surface area contributed by atoms with Gasteiger partial charge in [-0.05, 0) is 79.3 Å². The number of benzene rings is 3. The number of Topliss-reactive ketones (excluding diaryl/α,β-unsaturated/α-hetero) is 1. The van der Waals surface area contributed by atoms with E-state index in [1.807, 2.05) is 13.0 Å². The fraction of sp³-hybridized carbons (Fsp3) is 0.265. The summed E-state index contributed by atoms with van der Waals surface area (Å²) in [5.74, 6) is -1.84. The van der Waals surface area contributed by atoms with E-state index in [0.717, 1.165) is 16.5 Å². The Labute approximate surface area is 299 Å². The van der Waals surface area contributed by atoms with E-state index in [9.17, 15) is 19.2 Å². The molecule has 6 atom stereocenters. The van der Waals surface area contributed by atoms with Gasteiger partial charge in [-0.3, -0.25) is 19.3 Å². The average molecular weight is 850 g/mol. The smallest absolute Gasteiger partial charge is 0.339 e. The number of anilines is 1. The fourth-order valence-electron chi connectivity index (χ4n) is 7.16. The monoisotopic (exact) mass is 846 g/mol. The van der Waals surface area contributed by atoms with Gasteiger partial charge >= 0.3 is 5.97 Å². The molecule has 1 aromatic heterocycles. The summed E-state index contributed by atoms with van der Waals surface area (Å²) < 4.78 is 6.24. The number of hydrogen-bond acceptors (Lipinski definition) is 6. The van der Waals surface area contributed by atoms with E-state index in [1.54, 1.807) is 42.5 Å². The molecule has 3 aromatic carbocycles. The molecule has 4 aromatic rings. The van der Waals surface area contributed by atoms with Crippen LogP contribution in [0, 0.1) is 30.6 Å². The summed E-state index contributed by atoms with van der Waals surface area (Å²) >= 11 is 23.1. The Morgan fingerprint density at radius 1 is 0.913 bits per heavy atom. The first-order valence-electron chi connectivity index (χ1n) is 14.5. The highest BCUT2D eigenvalue weighted by molar-refractivity contribution is 9.12. The Hall–Kier alpha value is -2.63. The predicted molar refractivity (Wildman–Crippen MR) is 187 cm³/mol. The number of hydrogen-bond donors (Lipinski definition) is 0. The van der Waals surface area contributed by atoms with Gasteiger partial charge < -0.3 is 4.74 Å². The number of amides is 2. The van der Waals surface area contributed by atoms with Gasteiger partial charge in [0, 0.05) is 35.7 Å². The molecule has 1 aliphatic heterocycles. The molecule has 46 heavy (non-hydrogen) atoms. The molecule has 2 amide bonds. The van der Waals surface area contributed by atoms with Gasteiger partial charge in [0.2, 0.25) is 17.6 Å². The van der Waals surface area contributed by atoms with E-state index in [-0.39, 0.29) is 61.3 Å². The van der Waals surface area contributed by atoms with Crippen molar-refractivity contribution in [1.29, 1.82) is 0 Å². The molecule has 0 radical (unpaired) electrons. The number of nitrogens with zero attached hydrogens (tertiary/aromatic N) is 2. The lowest BCUT2D eigenvalue weighted by Crippen LogP contribution is -2.37. The van der Waals surface area contributed by atoms with Gasteiger partial charge in [-0.25, -0.2) is 9.78 Å². The Morgan fingerprint density at radius 3 is 2.20 bits per heavy atom. The van der Waals surface area contributed by atoms with Crippen LogP contribution in [0.5, 0.6) is 0 Å². The summed E-state index contributed by atoms with van der Waals surface area (Å²) in [6.07, 6.45) is 0.864. The highest BCUT2D eigenvalue weighted by atomic mass is 79.9. The van der Waals surface area contributed by atoms with Crippen LogP contribution in [0.4, 0.5) is 5.69 Å².